The molecule has 1 atom stereocenters. The van der Waals surface area contributed by atoms with Gasteiger partial charge in [-0.05, 0) is 43.1 Å². The molecule has 0 fully saturated rings. The summed E-state index contributed by atoms with van der Waals surface area (Å²) in [6, 6.07) is 15.5. The predicted octanol–water partition coefficient (Wildman–Crippen LogP) is 4.07. The van der Waals surface area contributed by atoms with Gasteiger partial charge in [0.05, 0.1) is 0 Å². The molecule has 0 amide bonds. The fourth-order valence-electron chi connectivity index (χ4n) is 2.37. The molecule has 0 aliphatic heterocycles. The van der Waals surface area contributed by atoms with Crippen LogP contribution in [0.5, 0.6) is 0 Å². The van der Waals surface area contributed by atoms with Gasteiger partial charge in [-0.2, -0.15) is 0 Å². The number of rotatable bonds is 6. The molecule has 2 heteroatoms. The maximum Gasteiger partial charge on any atom is 0.123 e. The van der Waals surface area contributed by atoms with Gasteiger partial charge in [0, 0.05) is 12.5 Å². The van der Waals surface area contributed by atoms with Gasteiger partial charge >= 0.3 is 0 Å². The number of benzene rings is 2. The molecule has 20 heavy (non-hydrogen) atoms. The summed E-state index contributed by atoms with van der Waals surface area (Å²) in [6.07, 6.45) is 0.927. The van der Waals surface area contributed by atoms with Crippen LogP contribution in [0.2, 0.25) is 0 Å². The Bertz CT molecular complexity index is 516. The van der Waals surface area contributed by atoms with Gasteiger partial charge in [0.25, 0.3) is 0 Å². The summed E-state index contributed by atoms with van der Waals surface area (Å²) in [7, 11) is 0. The number of likely N-dealkylation sites (N-methyl/N-ethyl adjacent to an activating group) is 1. The molecule has 2 aromatic rings. The first kappa shape index (κ1) is 14.7. The van der Waals surface area contributed by atoms with E-state index in [1.54, 1.807) is 0 Å². The number of hydrogen-bond acceptors (Lipinski definition) is 1. The second kappa shape index (κ2) is 7.20. The minimum Gasteiger partial charge on any atom is -0.316 e. The lowest BCUT2D eigenvalue weighted by Gasteiger charge is -2.18. The molecule has 106 valence electrons. The minimum absolute atomic E-state index is 0.174. The Morgan fingerprint density at radius 1 is 1.00 bits per heavy atom. The highest BCUT2D eigenvalue weighted by Crippen LogP contribution is 2.21. The Morgan fingerprint density at radius 3 is 2.25 bits per heavy atom. The van der Waals surface area contributed by atoms with Crippen LogP contribution in [0.3, 0.4) is 0 Å². The molecule has 0 aromatic heterocycles. The molecule has 0 saturated heterocycles. The van der Waals surface area contributed by atoms with Crippen molar-refractivity contribution in [1.29, 1.82) is 0 Å². The van der Waals surface area contributed by atoms with Gasteiger partial charge in [-0.15, -0.1) is 0 Å². The molecule has 0 saturated carbocycles. The van der Waals surface area contributed by atoms with Gasteiger partial charge < -0.3 is 5.32 Å². The Labute approximate surface area is 120 Å². The highest BCUT2D eigenvalue weighted by atomic mass is 19.1. The Hall–Kier alpha value is -1.67. The number of hydrogen-bond donors (Lipinski definition) is 1. The van der Waals surface area contributed by atoms with Gasteiger partial charge in [0.1, 0.15) is 5.82 Å². The molecule has 0 radical (unpaired) electrons. The summed E-state index contributed by atoms with van der Waals surface area (Å²) in [5.41, 5.74) is 3.79. The van der Waals surface area contributed by atoms with Crippen LogP contribution in [-0.2, 0) is 6.42 Å². The normalized spacial score (nSPS) is 12.3. The average molecular weight is 271 g/mol. The van der Waals surface area contributed by atoms with E-state index in [-0.39, 0.29) is 5.82 Å². The summed E-state index contributed by atoms with van der Waals surface area (Å²) in [6.45, 7) is 6.12. The molecule has 2 aromatic carbocycles. The number of halogens is 1. The maximum absolute atomic E-state index is 13.0. The molecule has 1 N–H and O–H groups in total. The lowest BCUT2D eigenvalue weighted by atomic mass is 9.91. The van der Waals surface area contributed by atoms with Crippen molar-refractivity contribution >= 4 is 0 Å². The second-order valence-corrected chi connectivity index (χ2v) is 5.25. The Morgan fingerprint density at radius 2 is 1.65 bits per heavy atom. The van der Waals surface area contributed by atoms with Crippen LogP contribution in [0.25, 0.3) is 0 Å². The van der Waals surface area contributed by atoms with E-state index >= 15 is 0 Å². The summed E-state index contributed by atoms with van der Waals surface area (Å²) in [5.74, 6) is 0.244. The zero-order valence-corrected chi connectivity index (χ0v) is 12.2. The zero-order chi connectivity index (χ0) is 14.4. The van der Waals surface area contributed by atoms with Crippen molar-refractivity contribution < 1.29 is 4.39 Å². The van der Waals surface area contributed by atoms with E-state index in [9.17, 15) is 4.39 Å². The second-order valence-electron chi connectivity index (χ2n) is 5.25. The summed E-state index contributed by atoms with van der Waals surface area (Å²) >= 11 is 0. The van der Waals surface area contributed by atoms with Crippen LogP contribution < -0.4 is 5.32 Å². The highest BCUT2D eigenvalue weighted by Gasteiger charge is 2.12. The van der Waals surface area contributed by atoms with E-state index < -0.39 is 0 Å². The molecule has 0 aliphatic rings. The molecule has 0 spiro atoms. The standard InChI is InChI=1S/C18H22FN/c1-3-20-13-17(16-8-4-14(2)5-9-16)12-15-6-10-18(19)11-7-15/h4-11,17,20H,3,12-13H2,1-2H3. The summed E-state index contributed by atoms with van der Waals surface area (Å²) < 4.78 is 13.0. The lowest BCUT2D eigenvalue weighted by molar-refractivity contribution is 0.592. The van der Waals surface area contributed by atoms with Crippen LogP contribution in [0.1, 0.15) is 29.5 Å². The number of nitrogens with one attached hydrogen (secondary N) is 1. The molecule has 0 aliphatic carbocycles. The molecule has 0 heterocycles. The zero-order valence-electron chi connectivity index (χ0n) is 12.2. The van der Waals surface area contributed by atoms with E-state index in [1.807, 2.05) is 12.1 Å². The first-order valence-electron chi connectivity index (χ1n) is 7.20. The van der Waals surface area contributed by atoms with Crippen LogP contribution >= 0.6 is 0 Å². The van der Waals surface area contributed by atoms with Crippen molar-refractivity contribution in [3.8, 4) is 0 Å². The van der Waals surface area contributed by atoms with Crippen molar-refractivity contribution in [2.75, 3.05) is 13.1 Å². The van der Waals surface area contributed by atoms with Crippen LogP contribution in [0.15, 0.2) is 48.5 Å². The molecular weight excluding hydrogens is 249 g/mol. The van der Waals surface area contributed by atoms with E-state index in [0.717, 1.165) is 19.5 Å². The third kappa shape index (κ3) is 4.17. The van der Waals surface area contributed by atoms with E-state index in [2.05, 4.69) is 43.4 Å². The first-order valence-corrected chi connectivity index (χ1v) is 7.20. The van der Waals surface area contributed by atoms with Crippen LogP contribution in [0, 0.1) is 12.7 Å². The average Bonchev–Trinajstić information content (AvgIpc) is 2.46. The third-order valence-corrected chi connectivity index (χ3v) is 3.58. The third-order valence-electron chi connectivity index (χ3n) is 3.58. The molecule has 1 nitrogen and oxygen atoms in total. The van der Waals surface area contributed by atoms with E-state index in [1.165, 1.54) is 28.8 Å². The van der Waals surface area contributed by atoms with Gasteiger partial charge in [0.15, 0.2) is 0 Å². The van der Waals surface area contributed by atoms with Crippen molar-refractivity contribution in [2.45, 2.75) is 26.2 Å². The predicted molar refractivity (Wildman–Crippen MR) is 82.6 cm³/mol. The molecule has 2 rings (SSSR count). The van der Waals surface area contributed by atoms with Gasteiger partial charge in [-0.25, -0.2) is 4.39 Å². The van der Waals surface area contributed by atoms with Crippen molar-refractivity contribution in [1.82, 2.24) is 5.32 Å². The van der Waals surface area contributed by atoms with Crippen LogP contribution in [0.4, 0.5) is 4.39 Å². The van der Waals surface area contributed by atoms with Gasteiger partial charge in [-0.1, -0.05) is 48.9 Å². The Balaban J connectivity index is 2.14. The number of aryl methyl sites for hydroxylation is 1. The van der Waals surface area contributed by atoms with Crippen LogP contribution in [-0.4, -0.2) is 13.1 Å². The van der Waals surface area contributed by atoms with Gasteiger partial charge in [-0.3, -0.25) is 0 Å². The van der Waals surface area contributed by atoms with E-state index in [0.29, 0.717) is 5.92 Å². The molecular formula is C18H22FN. The maximum atomic E-state index is 13.0. The lowest BCUT2D eigenvalue weighted by Crippen LogP contribution is -2.22. The van der Waals surface area contributed by atoms with E-state index in [4.69, 9.17) is 0 Å². The Kier molecular flexibility index (Phi) is 5.31. The van der Waals surface area contributed by atoms with Crippen molar-refractivity contribution in [2.24, 2.45) is 0 Å². The smallest absolute Gasteiger partial charge is 0.123 e. The topological polar surface area (TPSA) is 12.0 Å². The van der Waals surface area contributed by atoms with Crippen molar-refractivity contribution in [3.05, 3.63) is 71.0 Å². The largest absolute Gasteiger partial charge is 0.316 e. The minimum atomic E-state index is -0.174. The summed E-state index contributed by atoms with van der Waals surface area (Å²) in [4.78, 5) is 0. The monoisotopic (exact) mass is 271 g/mol. The molecule has 1 unspecified atom stereocenters. The quantitative estimate of drug-likeness (QED) is 0.835. The van der Waals surface area contributed by atoms with Crippen molar-refractivity contribution in [3.63, 3.8) is 0 Å². The molecule has 0 bridgehead atoms. The first-order chi connectivity index (χ1) is 9.69. The van der Waals surface area contributed by atoms with Gasteiger partial charge in [0.2, 0.25) is 0 Å². The highest BCUT2D eigenvalue weighted by molar-refractivity contribution is 5.27. The SMILES string of the molecule is CCNCC(Cc1ccc(F)cc1)c1ccc(C)cc1. The fraction of sp³-hybridized carbons (Fsp3) is 0.333. The summed E-state index contributed by atoms with van der Waals surface area (Å²) in [5, 5.41) is 3.42. The fourth-order valence-corrected chi connectivity index (χ4v) is 2.37.